The van der Waals surface area contributed by atoms with Crippen LogP contribution in [0.4, 0.5) is 5.69 Å². The summed E-state index contributed by atoms with van der Waals surface area (Å²) in [6, 6.07) is 9.19. The highest BCUT2D eigenvalue weighted by molar-refractivity contribution is 5.99. The molecule has 0 aliphatic carbocycles. The minimum Gasteiger partial charge on any atom is -0.398 e. The van der Waals surface area contributed by atoms with Crippen LogP contribution in [-0.4, -0.2) is 17.4 Å². The first-order chi connectivity index (χ1) is 9.43. The third kappa shape index (κ3) is 3.07. The lowest BCUT2D eigenvalue weighted by atomic mass is 9.90. The van der Waals surface area contributed by atoms with Crippen molar-refractivity contribution in [1.82, 2.24) is 10.3 Å². The van der Waals surface area contributed by atoms with E-state index in [-0.39, 0.29) is 11.3 Å². The second-order valence-electron chi connectivity index (χ2n) is 5.81. The van der Waals surface area contributed by atoms with E-state index in [4.69, 9.17) is 5.73 Å². The summed E-state index contributed by atoms with van der Waals surface area (Å²) in [4.78, 5) is 16.5. The Labute approximate surface area is 119 Å². The summed E-state index contributed by atoms with van der Waals surface area (Å²) < 4.78 is 0. The zero-order valence-corrected chi connectivity index (χ0v) is 12.2. The number of anilines is 1. The van der Waals surface area contributed by atoms with Crippen molar-refractivity contribution in [2.45, 2.75) is 27.2 Å². The van der Waals surface area contributed by atoms with Gasteiger partial charge in [0, 0.05) is 17.6 Å². The normalized spacial score (nSPS) is 11.6. The predicted molar refractivity (Wildman–Crippen MR) is 82.6 cm³/mol. The van der Waals surface area contributed by atoms with Crippen LogP contribution in [0.15, 0.2) is 30.3 Å². The van der Waals surface area contributed by atoms with E-state index >= 15 is 0 Å². The molecular weight excluding hydrogens is 250 g/mol. The molecule has 0 aliphatic heterocycles. The third-order valence-electron chi connectivity index (χ3n) is 3.67. The van der Waals surface area contributed by atoms with Crippen LogP contribution in [0.5, 0.6) is 0 Å². The Kier molecular flexibility index (Phi) is 3.93. The summed E-state index contributed by atoms with van der Waals surface area (Å²) in [5, 5.41) is 3.80. The van der Waals surface area contributed by atoms with E-state index in [1.54, 1.807) is 6.07 Å². The molecule has 1 aromatic heterocycles. The summed E-state index contributed by atoms with van der Waals surface area (Å²) in [5.41, 5.74) is 7.76. The molecule has 2 rings (SSSR count). The summed E-state index contributed by atoms with van der Waals surface area (Å²) in [6.45, 7) is 6.97. The van der Waals surface area contributed by atoms with E-state index in [2.05, 4.69) is 31.1 Å². The van der Waals surface area contributed by atoms with E-state index in [0.29, 0.717) is 17.9 Å². The quantitative estimate of drug-likeness (QED) is 0.898. The number of pyridine rings is 1. The molecule has 0 bridgehead atoms. The van der Waals surface area contributed by atoms with Crippen LogP contribution in [0.2, 0.25) is 0 Å². The first-order valence-corrected chi connectivity index (χ1v) is 6.86. The molecule has 0 radical (unpaired) electrons. The van der Waals surface area contributed by atoms with Crippen LogP contribution in [0, 0.1) is 5.41 Å². The van der Waals surface area contributed by atoms with Gasteiger partial charge in [-0.25, -0.2) is 4.98 Å². The second-order valence-corrected chi connectivity index (χ2v) is 5.81. The molecule has 1 heterocycles. The SMILES string of the molecule is CCC(C)(C)CNC(=O)c1cc(N)c2ccccc2n1. The summed E-state index contributed by atoms with van der Waals surface area (Å²) in [5.74, 6) is -0.177. The molecule has 1 amide bonds. The number of aromatic nitrogens is 1. The molecular formula is C16H21N3O. The number of nitrogen functional groups attached to an aromatic ring is 1. The van der Waals surface area contributed by atoms with Crippen molar-refractivity contribution in [1.29, 1.82) is 0 Å². The van der Waals surface area contributed by atoms with Crippen LogP contribution >= 0.6 is 0 Å². The maximum absolute atomic E-state index is 12.2. The van der Waals surface area contributed by atoms with Crippen LogP contribution < -0.4 is 11.1 Å². The van der Waals surface area contributed by atoms with Gasteiger partial charge in [-0.05, 0) is 24.0 Å². The fraction of sp³-hybridized carbons (Fsp3) is 0.375. The number of nitrogens with one attached hydrogen (secondary N) is 1. The minimum atomic E-state index is -0.177. The number of carbonyl (C=O) groups excluding carboxylic acids is 1. The monoisotopic (exact) mass is 271 g/mol. The average molecular weight is 271 g/mol. The number of hydrogen-bond donors (Lipinski definition) is 2. The molecule has 1 aromatic carbocycles. The fourth-order valence-electron chi connectivity index (χ4n) is 1.85. The molecule has 0 unspecified atom stereocenters. The highest BCUT2D eigenvalue weighted by Crippen LogP contribution is 2.21. The Morgan fingerprint density at radius 3 is 2.75 bits per heavy atom. The molecule has 20 heavy (non-hydrogen) atoms. The number of amides is 1. The van der Waals surface area contributed by atoms with Gasteiger partial charge in [-0.1, -0.05) is 39.0 Å². The van der Waals surface area contributed by atoms with Crippen LogP contribution in [0.25, 0.3) is 10.9 Å². The Morgan fingerprint density at radius 1 is 1.35 bits per heavy atom. The fourth-order valence-corrected chi connectivity index (χ4v) is 1.85. The van der Waals surface area contributed by atoms with Gasteiger partial charge in [0.15, 0.2) is 0 Å². The van der Waals surface area contributed by atoms with Gasteiger partial charge >= 0.3 is 0 Å². The largest absolute Gasteiger partial charge is 0.398 e. The van der Waals surface area contributed by atoms with Gasteiger partial charge in [-0.3, -0.25) is 4.79 Å². The molecule has 106 valence electrons. The zero-order valence-electron chi connectivity index (χ0n) is 12.2. The third-order valence-corrected chi connectivity index (χ3v) is 3.67. The smallest absolute Gasteiger partial charge is 0.269 e. The molecule has 0 saturated carbocycles. The van der Waals surface area contributed by atoms with Crippen molar-refractivity contribution in [2.24, 2.45) is 5.41 Å². The molecule has 3 N–H and O–H groups in total. The summed E-state index contributed by atoms with van der Waals surface area (Å²) >= 11 is 0. The highest BCUT2D eigenvalue weighted by atomic mass is 16.1. The van der Waals surface area contributed by atoms with Crippen molar-refractivity contribution in [3.05, 3.63) is 36.0 Å². The molecule has 2 aromatic rings. The second kappa shape index (κ2) is 5.49. The first kappa shape index (κ1) is 14.3. The van der Waals surface area contributed by atoms with Gasteiger partial charge < -0.3 is 11.1 Å². The van der Waals surface area contributed by atoms with Crippen LogP contribution in [0.1, 0.15) is 37.7 Å². The molecule has 0 aliphatic rings. The van der Waals surface area contributed by atoms with Gasteiger partial charge in [0.25, 0.3) is 5.91 Å². The summed E-state index contributed by atoms with van der Waals surface area (Å²) in [7, 11) is 0. The predicted octanol–water partition coefficient (Wildman–Crippen LogP) is 2.98. The number of nitrogens with zero attached hydrogens (tertiary/aromatic N) is 1. The topological polar surface area (TPSA) is 68.0 Å². The van der Waals surface area contributed by atoms with Gasteiger partial charge in [0.2, 0.25) is 0 Å². The van der Waals surface area contributed by atoms with Crippen molar-refractivity contribution >= 4 is 22.5 Å². The van der Waals surface area contributed by atoms with Crippen LogP contribution in [-0.2, 0) is 0 Å². The first-order valence-electron chi connectivity index (χ1n) is 6.86. The molecule has 0 atom stereocenters. The maximum Gasteiger partial charge on any atom is 0.269 e. The Balaban J connectivity index is 2.23. The van der Waals surface area contributed by atoms with Gasteiger partial charge in [0.05, 0.1) is 5.52 Å². The minimum absolute atomic E-state index is 0.0814. The molecule has 0 spiro atoms. The number of nitrogens with two attached hydrogens (primary N) is 1. The van der Waals surface area contributed by atoms with E-state index in [1.165, 1.54) is 0 Å². The Morgan fingerprint density at radius 2 is 2.05 bits per heavy atom. The van der Waals surface area contributed by atoms with Gasteiger partial charge in [-0.2, -0.15) is 0 Å². The summed E-state index contributed by atoms with van der Waals surface area (Å²) in [6.07, 6.45) is 1.00. The number of rotatable bonds is 4. The zero-order chi connectivity index (χ0) is 14.8. The van der Waals surface area contributed by atoms with E-state index in [1.807, 2.05) is 24.3 Å². The van der Waals surface area contributed by atoms with Crippen molar-refractivity contribution in [2.75, 3.05) is 12.3 Å². The number of benzene rings is 1. The van der Waals surface area contributed by atoms with Crippen molar-refractivity contribution < 1.29 is 4.79 Å². The van der Waals surface area contributed by atoms with E-state index < -0.39 is 0 Å². The molecule has 0 fully saturated rings. The standard InChI is InChI=1S/C16H21N3O/c1-4-16(2,3)10-18-15(20)14-9-12(17)11-7-5-6-8-13(11)19-14/h5-9H,4,10H2,1-3H3,(H2,17,19)(H,18,20). The number of fused-ring (bicyclic) bond motifs is 1. The number of hydrogen-bond acceptors (Lipinski definition) is 3. The van der Waals surface area contributed by atoms with Gasteiger partial charge in [-0.15, -0.1) is 0 Å². The van der Waals surface area contributed by atoms with E-state index in [9.17, 15) is 4.79 Å². The van der Waals surface area contributed by atoms with E-state index in [0.717, 1.165) is 17.3 Å². The molecule has 0 saturated heterocycles. The lowest BCUT2D eigenvalue weighted by Crippen LogP contribution is -2.34. The van der Waals surface area contributed by atoms with Gasteiger partial charge in [0.1, 0.15) is 5.69 Å². The molecule has 4 heteroatoms. The number of carbonyl (C=O) groups is 1. The lowest BCUT2D eigenvalue weighted by molar-refractivity contribution is 0.0931. The van der Waals surface area contributed by atoms with Crippen LogP contribution in [0.3, 0.4) is 0 Å². The van der Waals surface area contributed by atoms with Crippen molar-refractivity contribution in [3.8, 4) is 0 Å². The van der Waals surface area contributed by atoms with Crippen molar-refractivity contribution in [3.63, 3.8) is 0 Å². The lowest BCUT2D eigenvalue weighted by Gasteiger charge is -2.22. The Bertz CT molecular complexity index is 635. The Hall–Kier alpha value is -2.10. The molecule has 4 nitrogen and oxygen atoms in total. The average Bonchev–Trinajstić information content (AvgIpc) is 2.45. The number of para-hydroxylation sites is 1. The maximum atomic E-state index is 12.2. The highest BCUT2D eigenvalue weighted by Gasteiger charge is 2.17.